The summed E-state index contributed by atoms with van der Waals surface area (Å²) in [7, 11) is 0. The fraction of sp³-hybridized carbons (Fsp3) is 0.105. The number of pyridine rings is 1. The first-order chi connectivity index (χ1) is 11.6. The molecule has 4 nitrogen and oxygen atoms in total. The van der Waals surface area contributed by atoms with E-state index in [0.717, 1.165) is 22.3 Å². The van der Waals surface area contributed by atoms with Crippen molar-refractivity contribution in [3.63, 3.8) is 0 Å². The normalized spacial score (nSPS) is 10.2. The highest BCUT2D eigenvalue weighted by Crippen LogP contribution is 2.37. The van der Waals surface area contributed by atoms with Crippen molar-refractivity contribution < 1.29 is 4.79 Å². The first-order valence-electron chi connectivity index (χ1n) is 7.40. The summed E-state index contributed by atoms with van der Waals surface area (Å²) in [6, 6.07) is 11.8. The van der Waals surface area contributed by atoms with Gasteiger partial charge in [-0.05, 0) is 37.1 Å². The molecule has 1 N–H and O–H groups in total. The number of thiophene rings is 1. The highest BCUT2D eigenvalue weighted by Gasteiger charge is 2.17. The third-order valence-electron chi connectivity index (χ3n) is 3.74. The molecule has 0 aliphatic rings. The van der Waals surface area contributed by atoms with Gasteiger partial charge in [0.05, 0.1) is 11.1 Å². The van der Waals surface area contributed by atoms with E-state index in [1.807, 2.05) is 31.4 Å². The number of nitriles is 1. The van der Waals surface area contributed by atoms with Crippen molar-refractivity contribution in [2.75, 3.05) is 5.32 Å². The number of aryl methyl sites for hydroxylation is 2. The Morgan fingerprint density at radius 3 is 2.79 bits per heavy atom. The van der Waals surface area contributed by atoms with Crippen LogP contribution in [0.5, 0.6) is 0 Å². The Hall–Kier alpha value is -2.97. The van der Waals surface area contributed by atoms with E-state index in [2.05, 4.69) is 22.4 Å². The van der Waals surface area contributed by atoms with Crippen LogP contribution in [0.1, 0.15) is 27.0 Å². The standard InChI is InChI=1S/C19H15N3OS/c1-12-5-6-13(2)15(8-12)17-11-24-19(16(17)9-20)22-18(23)14-4-3-7-21-10-14/h3-8,10-11H,1-2H3,(H,22,23). The molecule has 3 aromatic rings. The lowest BCUT2D eigenvalue weighted by Crippen LogP contribution is -2.11. The van der Waals surface area contributed by atoms with Crippen molar-refractivity contribution in [2.45, 2.75) is 13.8 Å². The first-order valence-corrected chi connectivity index (χ1v) is 8.28. The van der Waals surface area contributed by atoms with E-state index in [0.29, 0.717) is 16.1 Å². The molecule has 1 aromatic carbocycles. The van der Waals surface area contributed by atoms with Gasteiger partial charge in [-0.3, -0.25) is 9.78 Å². The fourth-order valence-corrected chi connectivity index (χ4v) is 3.36. The second-order valence-corrected chi connectivity index (χ2v) is 6.36. The zero-order valence-corrected chi connectivity index (χ0v) is 14.1. The van der Waals surface area contributed by atoms with Crippen LogP contribution in [0.15, 0.2) is 48.1 Å². The molecule has 0 saturated carbocycles. The van der Waals surface area contributed by atoms with Crippen molar-refractivity contribution in [3.8, 4) is 17.2 Å². The number of nitrogens with one attached hydrogen (secondary N) is 1. The average molecular weight is 333 g/mol. The monoisotopic (exact) mass is 333 g/mol. The number of carbonyl (C=O) groups excluding carboxylic acids is 1. The minimum atomic E-state index is -0.269. The molecular formula is C19H15N3OS. The molecule has 2 heterocycles. The Bertz CT molecular complexity index is 939. The lowest BCUT2D eigenvalue weighted by atomic mass is 9.98. The van der Waals surface area contributed by atoms with Crippen LogP contribution in [0.25, 0.3) is 11.1 Å². The van der Waals surface area contributed by atoms with Gasteiger partial charge in [0.2, 0.25) is 0 Å². The van der Waals surface area contributed by atoms with Gasteiger partial charge < -0.3 is 5.32 Å². The molecule has 0 spiro atoms. The topological polar surface area (TPSA) is 65.8 Å². The molecule has 0 saturated heterocycles. The summed E-state index contributed by atoms with van der Waals surface area (Å²) >= 11 is 1.36. The van der Waals surface area contributed by atoms with Crippen molar-refractivity contribution in [1.82, 2.24) is 4.98 Å². The molecule has 24 heavy (non-hydrogen) atoms. The molecule has 0 radical (unpaired) electrons. The molecule has 0 fully saturated rings. The zero-order chi connectivity index (χ0) is 17.1. The number of amides is 1. The van der Waals surface area contributed by atoms with E-state index < -0.39 is 0 Å². The molecule has 2 aromatic heterocycles. The van der Waals surface area contributed by atoms with Gasteiger partial charge in [-0.15, -0.1) is 11.3 Å². The molecule has 0 unspecified atom stereocenters. The number of hydrogen-bond acceptors (Lipinski definition) is 4. The third-order valence-corrected chi connectivity index (χ3v) is 4.63. The van der Waals surface area contributed by atoms with E-state index in [-0.39, 0.29) is 5.91 Å². The maximum atomic E-state index is 12.3. The number of benzene rings is 1. The minimum absolute atomic E-state index is 0.269. The minimum Gasteiger partial charge on any atom is -0.312 e. The zero-order valence-electron chi connectivity index (χ0n) is 13.3. The Labute approximate surface area is 144 Å². The van der Waals surface area contributed by atoms with Crippen LogP contribution in [0.3, 0.4) is 0 Å². The Morgan fingerprint density at radius 2 is 2.08 bits per heavy atom. The molecule has 0 aliphatic carbocycles. The number of nitrogens with zero attached hydrogens (tertiary/aromatic N) is 2. The predicted octanol–water partition coefficient (Wildman–Crippen LogP) is 4.55. The number of anilines is 1. The third kappa shape index (κ3) is 3.05. The smallest absolute Gasteiger partial charge is 0.257 e. The van der Waals surface area contributed by atoms with Gasteiger partial charge in [0.1, 0.15) is 11.1 Å². The summed E-state index contributed by atoms with van der Waals surface area (Å²) in [6.45, 7) is 4.04. The van der Waals surface area contributed by atoms with E-state index in [4.69, 9.17) is 0 Å². The van der Waals surface area contributed by atoms with Crippen molar-refractivity contribution in [2.24, 2.45) is 0 Å². The average Bonchev–Trinajstić information content (AvgIpc) is 3.00. The molecule has 118 valence electrons. The quantitative estimate of drug-likeness (QED) is 0.764. The second kappa shape index (κ2) is 6.65. The first kappa shape index (κ1) is 15.9. The van der Waals surface area contributed by atoms with Gasteiger partial charge in [0.25, 0.3) is 5.91 Å². The largest absolute Gasteiger partial charge is 0.312 e. The highest BCUT2D eigenvalue weighted by atomic mass is 32.1. The number of carbonyl (C=O) groups is 1. The van der Waals surface area contributed by atoms with Crippen LogP contribution in [-0.2, 0) is 0 Å². The maximum Gasteiger partial charge on any atom is 0.257 e. The second-order valence-electron chi connectivity index (χ2n) is 5.48. The summed E-state index contributed by atoms with van der Waals surface area (Å²) in [5.74, 6) is -0.269. The lowest BCUT2D eigenvalue weighted by Gasteiger charge is -2.07. The fourth-order valence-electron chi connectivity index (χ4n) is 2.46. The summed E-state index contributed by atoms with van der Waals surface area (Å²) in [4.78, 5) is 16.2. The van der Waals surface area contributed by atoms with Gasteiger partial charge in [-0.1, -0.05) is 23.8 Å². The summed E-state index contributed by atoms with van der Waals surface area (Å²) in [5, 5.41) is 14.9. The van der Waals surface area contributed by atoms with Crippen LogP contribution >= 0.6 is 11.3 Å². The van der Waals surface area contributed by atoms with Gasteiger partial charge in [-0.25, -0.2) is 0 Å². The molecule has 0 atom stereocenters. The Kier molecular flexibility index (Phi) is 4.41. The molecule has 3 rings (SSSR count). The van der Waals surface area contributed by atoms with Crippen LogP contribution in [0.2, 0.25) is 0 Å². The molecule has 5 heteroatoms. The van der Waals surface area contributed by atoms with Crippen molar-refractivity contribution in [3.05, 3.63) is 70.4 Å². The molecular weight excluding hydrogens is 318 g/mol. The van der Waals surface area contributed by atoms with Gasteiger partial charge in [-0.2, -0.15) is 5.26 Å². The van der Waals surface area contributed by atoms with Gasteiger partial charge in [0.15, 0.2) is 0 Å². The number of rotatable bonds is 3. The Morgan fingerprint density at radius 1 is 1.25 bits per heavy atom. The lowest BCUT2D eigenvalue weighted by molar-refractivity contribution is 0.102. The van der Waals surface area contributed by atoms with E-state index in [1.165, 1.54) is 17.5 Å². The van der Waals surface area contributed by atoms with Crippen LogP contribution < -0.4 is 5.32 Å². The van der Waals surface area contributed by atoms with E-state index >= 15 is 0 Å². The Balaban J connectivity index is 1.98. The molecule has 1 amide bonds. The molecule has 0 bridgehead atoms. The van der Waals surface area contributed by atoms with Gasteiger partial charge in [0, 0.05) is 23.3 Å². The van der Waals surface area contributed by atoms with E-state index in [9.17, 15) is 10.1 Å². The van der Waals surface area contributed by atoms with Crippen molar-refractivity contribution >= 4 is 22.2 Å². The SMILES string of the molecule is Cc1ccc(C)c(-c2csc(NC(=O)c3cccnc3)c2C#N)c1. The van der Waals surface area contributed by atoms with Crippen LogP contribution in [-0.4, -0.2) is 10.9 Å². The summed E-state index contributed by atoms with van der Waals surface area (Å²) < 4.78 is 0. The highest BCUT2D eigenvalue weighted by molar-refractivity contribution is 7.15. The van der Waals surface area contributed by atoms with Crippen molar-refractivity contribution in [1.29, 1.82) is 5.26 Å². The van der Waals surface area contributed by atoms with Crippen LogP contribution in [0, 0.1) is 25.2 Å². The predicted molar refractivity (Wildman–Crippen MR) is 96.1 cm³/mol. The van der Waals surface area contributed by atoms with E-state index in [1.54, 1.807) is 18.3 Å². The number of aromatic nitrogens is 1. The molecule has 0 aliphatic heterocycles. The van der Waals surface area contributed by atoms with Crippen LogP contribution in [0.4, 0.5) is 5.00 Å². The van der Waals surface area contributed by atoms with Gasteiger partial charge >= 0.3 is 0 Å². The summed E-state index contributed by atoms with van der Waals surface area (Å²) in [5.41, 5.74) is 5.05. The maximum absolute atomic E-state index is 12.3. The summed E-state index contributed by atoms with van der Waals surface area (Å²) in [6.07, 6.45) is 3.11. The number of hydrogen-bond donors (Lipinski definition) is 1.